The minimum atomic E-state index is -0.150. The van der Waals surface area contributed by atoms with Gasteiger partial charge in [0.2, 0.25) is 5.91 Å². The molecule has 8 atom stereocenters. The van der Waals surface area contributed by atoms with E-state index in [1.165, 1.54) is 26.2 Å². The lowest BCUT2D eigenvalue weighted by atomic mass is 9.48. The summed E-state index contributed by atoms with van der Waals surface area (Å²) in [6, 6.07) is 0.344. The summed E-state index contributed by atoms with van der Waals surface area (Å²) in [4.78, 5) is 24.3. The van der Waals surface area contributed by atoms with Gasteiger partial charge in [0.15, 0.2) is 0 Å². The highest BCUT2D eigenvalue weighted by molar-refractivity contribution is 5.82. The maximum Gasteiger partial charge on any atom is 0.302 e. The lowest BCUT2D eigenvalue weighted by molar-refractivity contribution is -0.148. The lowest BCUT2D eigenvalue weighted by Crippen LogP contribution is -2.55. The van der Waals surface area contributed by atoms with Gasteiger partial charge in [0.25, 0.3) is 0 Å². The molecule has 1 saturated heterocycles. The fraction of sp³-hybridized carbons (Fsp3) is 0.846. The Morgan fingerprint density at radius 2 is 1.94 bits per heavy atom. The van der Waals surface area contributed by atoms with Gasteiger partial charge in [-0.15, -0.1) is 0 Å². The Morgan fingerprint density at radius 1 is 1.10 bits per heavy atom. The van der Waals surface area contributed by atoms with E-state index < -0.39 is 0 Å². The molecule has 3 saturated carbocycles. The third kappa shape index (κ3) is 3.55. The smallest absolute Gasteiger partial charge is 0.302 e. The van der Waals surface area contributed by atoms with E-state index in [1.54, 1.807) is 5.57 Å². The quantitative estimate of drug-likeness (QED) is 0.524. The second-order valence-electron chi connectivity index (χ2n) is 11.6. The number of ether oxygens (including phenoxy) is 1. The zero-order valence-corrected chi connectivity index (χ0v) is 19.5. The molecule has 2 N–H and O–H groups in total. The highest BCUT2D eigenvalue weighted by Crippen LogP contribution is 2.64. The number of allylic oxidation sites excluding steroid dienone is 1. The monoisotopic (exact) mass is 428 g/mol. The van der Waals surface area contributed by atoms with E-state index in [1.807, 2.05) is 0 Å². The van der Waals surface area contributed by atoms with Gasteiger partial charge in [0.05, 0.1) is 6.04 Å². The number of rotatable bonds is 3. The van der Waals surface area contributed by atoms with Gasteiger partial charge in [0.1, 0.15) is 6.10 Å². The topological polar surface area (TPSA) is 67.4 Å². The molecule has 0 radical (unpaired) electrons. The Hall–Kier alpha value is -1.36. The Morgan fingerprint density at radius 3 is 2.68 bits per heavy atom. The van der Waals surface area contributed by atoms with Crippen molar-refractivity contribution < 1.29 is 14.3 Å². The number of esters is 1. The summed E-state index contributed by atoms with van der Waals surface area (Å²) in [6.45, 7) is 7.45. The van der Waals surface area contributed by atoms with E-state index in [-0.39, 0.29) is 34.9 Å². The van der Waals surface area contributed by atoms with Crippen LogP contribution in [0.15, 0.2) is 11.6 Å². The van der Waals surface area contributed by atoms with Crippen LogP contribution in [0, 0.1) is 28.6 Å². The Balaban J connectivity index is 1.31. The molecule has 4 fully saturated rings. The SMILES string of the molecule is CC(=O)OC1CCC2(C)C(=CCC3C2CCC2(C)C(NC(=O)C4CCCN4)CCC32)C1. The van der Waals surface area contributed by atoms with Crippen LogP contribution in [0.4, 0.5) is 0 Å². The van der Waals surface area contributed by atoms with Gasteiger partial charge < -0.3 is 15.4 Å². The molecule has 5 heteroatoms. The minimum absolute atomic E-state index is 0.0190. The predicted octanol–water partition coefficient (Wildman–Crippen LogP) is 4.12. The second kappa shape index (κ2) is 7.90. The van der Waals surface area contributed by atoms with E-state index >= 15 is 0 Å². The first-order chi connectivity index (χ1) is 14.8. The zero-order chi connectivity index (χ0) is 21.8. The molecule has 31 heavy (non-hydrogen) atoms. The number of nitrogens with one attached hydrogen (secondary N) is 2. The summed E-state index contributed by atoms with van der Waals surface area (Å²) in [5.74, 6) is 2.24. The molecule has 5 rings (SSSR count). The molecule has 5 aliphatic rings. The van der Waals surface area contributed by atoms with Crippen LogP contribution in [0.25, 0.3) is 0 Å². The number of hydrogen-bond donors (Lipinski definition) is 2. The largest absolute Gasteiger partial charge is 0.462 e. The molecule has 1 amide bonds. The molecule has 8 unspecified atom stereocenters. The summed E-state index contributed by atoms with van der Waals surface area (Å²) >= 11 is 0. The summed E-state index contributed by atoms with van der Waals surface area (Å²) in [5, 5.41) is 6.84. The maximum absolute atomic E-state index is 12.8. The molecule has 5 nitrogen and oxygen atoms in total. The van der Waals surface area contributed by atoms with Crippen molar-refractivity contribution in [3.8, 4) is 0 Å². The van der Waals surface area contributed by atoms with Gasteiger partial charge in [-0.05, 0) is 92.9 Å². The number of carbonyl (C=O) groups is 2. The van der Waals surface area contributed by atoms with Crippen LogP contribution in [0.3, 0.4) is 0 Å². The summed E-state index contributed by atoms with van der Waals surface area (Å²) in [6.07, 6.45) is 13.7. The second-order valence-corrected chi connectivity index (χ2v) is 11.6. The predicted molar refractivity (Wildman–Crippen MR) is 120 cm³/mol. The van der Waals surface area contributed by atoms with E-state index in [0.717, 1.165) is 63.3 Å². The third-order valence-electron chi connectivity index (χ3n) is 10.1. The molecule has 0 aromatic rings. The van der Waals surface area contributed by atoms with Crippen molar-refractivity contribution >= 4 is 11.9 Å². The first kappa shape index (κ1) is 21.5. The summed E-state index contributed by atoms with van der Waals surface area (Å²) < 4.78 is 5.57. The van der Waals surface area contributed by atoms with Gasteiger partial charge in [-0.25, -0.2) is 0 Å². The molecule has 0 bridgehead atoms. The molecule has 0 aromatic carbocycles. The van der Waals surface area contributed by atoms with Crippen molar-refractivity contribution in [2.24, 2.45) is 28.6 Å². The number of carbonyl (C=O) groups excluding carboxylic acids is 2. The summed E-state index contributed by atoms with van der Waals surface area (Å²) in [7, 11) is 0. The normalized spacial score (nSPS) is 46.4. The van der Waals surface area contributed by atoms with Gasteiger partial charge in [-0.1, -0.05) is 25.5 Å². The molecule has 4 aliphatic carbocycles. The fourth-order valence-corrected chi connectivity index (χ4v) is 8.38. The molecule has 1 heterocycles. The van der Waals surface area contributed by atoms with Crippen LogP contribution in [0.1, 0.15) is 85.0 Å². The van der Waals surface area contributed by atoms with Crippen LogP contribution >= 0.6 is 0 Å². The fourth-order valence-electron chi connectivity index (χ4n) is 8.38. The van der Waals surface area contributed by atoms with Crippen LogP contribution in [-0.4, -0.2) is 36.6 Å². The van der Waals surface area contributed by atoms with Crippen LogP contribution in [-0.2, 0) is 14.3 Å². The van der Waals surface area contributed by atoms with E-state index in [9.17, 15) is 9.59 Å². The van der Waals surface area contributed by atoms with Crippen molar-refractivity contribution in [1.29, 1.82) is 0 Å². The Bertz CT molecular complexity index is 773. The van der Waals surface area contributed by atoms with E-state index in [0.29, 0.717) is 12.0 Å². The first-order valence-corrected chi connectivity index (χ1v) is 12.7. The van der Waals surface area contributed by atoms with Gasteiger partial charge in [0, 0.05) is 19.4 Å². The van der Waals surface area contributed by atoms with Crippen molar-refractivity contribution in [3.63, 3.8) is 0 Å². The van der Waals surface area contributed by atoms with Gasteiger partial charge in [-0.2, -0.15) is 0 Å². The standard InChI is InChI=1S/C26H40N2O3/c1-16(29)31-18-10-12-25(2)17(15-18)6-7-19-20-8-9-23(26(20,3)13-11-21(19)25)28-24(30)22-5-4-14-27-22/h6,18-23,27H,4-5,7-15H2,1-3H3,(H,28,30). The van der Waals surface area contributed by atoms with E-state index in [4.69, 9.17) is 4.74 Å². The number of amides is 1. The molecule has 1 aliphatic heterocycles. The average Bonchev–Trinajstić information content (AvgIpc) is 3.36. The highest BCUT2D eigenvalue weighted by atomic mass is 16.5. The van der Waals surface area contributed by atoms with Gasteiger partial charge in [-0.3, -0.25) is 9.59 Å². The Labute approximate surface area is 187 Å². The van der Waals surface area contributed by atoms with Gasteiger partial charge >= 0.3 is 5.97 Å². The number of hydrogen-bond acceptors (Lipinski definition) is 4. The van der Waals surface area contributed by atoms with Crippen LogP contribution < -0.4 is 10.6 Å². The minimum Gasteiger partial charge on any atom is -0.462 e. The zero-order valence-electron chi connectivity index (χ0n) is 19.5. The first-order valence-electron chi connectivity index (χ1n) is 12.7. The average molecular weight is 429 g/mol. The molecular formula is C26H40N2O3. The lowest BCUT2D eigenvalue weighted by Gasteiger charge is -2.58. The van der Waals surface area contributed by atoms with Crippen molar-refractivity contribution in [2.75, 3.05) is 6.54 Å². The van der Waals surface area contributed by atoms with Crippen molar-refractivity contribution in [3.05, 3.63) is 11.6 Å². The van der Waals surface area contributed by atoms with Crippen LogP contribution in [0.5, 0.6) is 0 Å². The third-order valence-corrected chi connectivity index (χ3v) is 10.1. The Kier molecular flexibility index (Phi) is 5.47. The molecular weight excluding hydrogens is 388 g/mol. The maximum atomic E-state index is 12.8. The van der Waals surface area contributed by atoms with E-state index in [2.05, 4.69) is 30.6 Å². The van der Waals surface area contributed by atoms with Crippen molar-refractivity contribution in [2.45, 2.75) is 103 Å². The number of fused-ring (bicyclic) bond motifs is 5. The highest BCUT2D eigenvalue weighted by Gasteiger charge is 2.59. The molecule has 0 aromatic heterocycles. The van der Waals surface area contributed by atoms with Crippen LogP contribution in [0.2, 0.25) is 0 Å². The van der Waals surface area contributed by atoms with Crippen molar-refractivity contribution in [1.82, 2.24) is 10.6 Å². The molecule has 172 valence electrons. The summed E-state index contributed by atoms with van der Waals surface area (Å²) in [5.41, 5.74) is 2.03. The molecule has 0 spiro atoms.